The Hall–Kier alpha value is -1.07. The van der Waals surface area contributed by atoms with Crippen LogP contribution in [0.1, 0.15) is 50.3 Å². The van der Waals surface area contributed by atoms with Crippen molar-refractivity contribution < 1.29 is 17.9 Å². The first-order valence-electron chi connectivity index (χ1n) is 7.32. The van der Waals surface area contributed by atoms with Gasteiger partial charge in [-0.05, 0) is 44.4 Å². The number of ether oxygens (including phenoxy) is 1. The lowest BCUT2D eigenvalue weighted by Crippen LogP contribution is -2.26. The summed E-state index contributed by atoms with van der Waals surface area (Å²) >= 11 is 0. The molecule has 0 saturated heterocycles. The van der Waals surface area contributed by atoms with Gasteiger partial charge in [0.1, 0.15) is 0 Å². The van der Waals surface area contributed by atoms with Crippen molar-refractivity contribution >= 4 is 0 Å². The van der Waals surface area contributed by atoms with Crippen LogP contribution in [0.4, 0.5) is 13.2 Å². The van der Waals surface area contributed by atoms with E-state index in [9.17, 15) is 13.2 Å². The van der Waals surface area contributed by atoms with Crippen LogP contribution in [0.25, 0.3) is 0 Å². The highest BCUT2D eigenvalue weighted by molar-refractivity contribution is 5.32. The smallest absolute Gasteiger partial charge is 0.382 e. The Balaban J connectivity index is 2.97. The summed E-state index contributed by atoms with van der Waals surface area (Å²) in [6.07, 6.45) is -2.08. The zero-order valence-corrected chi connectivity index (χ0v) is 12.8. The molecule has 0 amide bonds. The summed E-state index contributed by atoms with van der Waals surface area (Å²) in [5, 5.41) is 3.22. The molecule has 1 aromatic rings. The van der Waals surface area contributed by atoms with Gasteiger partial charge in [0, 0.05) is 13.2 Å². The zero-order valence-electron chi connectivity index (χ0n) is 12.8. The predicted octanol–water partition coefficient (Wildman–Crippen LogP) is 4.56. The van der Waals surface area contributed by atoms with Crippen LogP contribution in [-0.2, 0) is 10.9 Å². The zero-order chi connectivity index (χ0) is 15.9. The molecule has 1 rings (SSSR count). The molecule has 1 aromatic carbocycles. The fourth-order valence-corrected chi connectivity index (χ4v) is 2.26. The highest BCUT2D eigenvalue weighted by Crippen LogP contribution is 2.35. The summed E-state index contributed by atoms with van der Waals surface area (Å²) in [6.45, 7) is 4.61. The Morgan fingerprint density at radius 2 is 1.86 bits per heavy atom. The number of rotatable bonds is 8. The van der Waals surface area contributed by atoms with E-state index in [1.54, 1.807) is 19.2 Å². The van der Waals surface area contributed by atoms with E-state index < -0.39 is 11.7 Å². The molecule has 2 atom stereocenters. The van der Waals surface area contributed by atoms with Gasteiger partial charge >= 0.3 is 6.18 Å². The van der Waals surface area contributed by atoms with Crippen molar-refractivity contribution in [2.24, 2.45) is 0 Å². The normalized spacial score (nSPS) is 15.0. The fraction of sp³-hybridized carbons (Fsp3) is 0.625. The standard InChI is InChI=1S/C16H24F3NO/c1-4-11-20-15(10-9-12(2)21-3)13-7-5-6-8-14(13)16(17,18)19/h5-8,12,15,20H,4,9-11H2,1-3H3. The maximum atomic E-state index is 13.1. The van der Waals surface area contributed by atoms with Gasteiger partial charge in [-0.1, -0.05) is 25.1 Å². The van der Waals surface area contributed by atoms with E-state index in [4.69, 9.17) is 4.74 Å². The third-order valence-electron chi connectivity index (χ3n) is 3.55. The average Bonchev–Trinajstić information content (AvgIpc) is 2.46. The van der Waals surface area contributed by atoms with E-state index >= 15 is 0 Å². The van der Waals surface area contributed by atoms with Gasteiger partial charge in [0.15, 0.2) is 0 Å². The molecule has 0 spiro atoms. The largest absolute Gasteiger partial charge is 0.416 e. The second kappa shape index (κ2) is 8.39. The molecule has 0 bridgehead atoms. The first-order chi connectivity index (χ1) is 9.90. The minimum absolute atomic E-state index is 0.0361. The number of hydrogen-bond donors (Lipinski definition) is 1. The topological polar surface area (TPSA) is 21.3 Å². The van der Waals surface area contributed by atoms with Gasteiger partial charge in [-0.2, -0.15) is 13.2 Å². The molecule has 0 aliphatic rings. The Morgan fingerprint density at radius 3 is 2.43 bits per heavy atom. The van der Waals surface area contributed by atoms with Gasteiger partial charge in [-0.15, -0.1) is 0 Å². The van der Waals surface area contributed by atoms with Crippen molar-refractivity contribution in [3.8, 4) is 0 Å². The maximum absolute atomic E-state index is 13.1. The Labute approximate surface area is 124 Å². The van der Waals surface area contributed by atoms with Crippen LogP contribution in [0.3, 0.4) is 0 Å². The monoisotopic (exact) mass is 303 g/mol. The third-order valence-corrected chi connectivity index (χ3v) is 3.55. The van der Waals surface area contributed by atoms with Crippen LogP contribution in [0.15, 0.2) is 24.3 Å². The van der Waals surface area contributed by atoms with E-state index in [1.807, 2.05) is 13.8 Å². The highest BCUT2D eigenvalue weighted by Gasteiger charge is 2.34. The maximum Gasteiger partial charge on any atom is 0.416 e. The van der Waals surface area contributed by atoms with Gasteiger partial charge in [0.05, 0.1) is 11.7 Å². The van der Waals surface area contributed by atoms with Crippen LogP contribution in [0.5, 0.6) is 0 Å². The van der Waals surface area contributed by atoms with Crippen molar-refractivity contribution in [2.45, 2.75) is 51.4 Å². The van der Waals surface area contributed by atoms with Crippen LogP contribution in [-0.4, -0.2) is 19.8 Å². The fourth-order valence-electron chi connectivity index (χ4n) is 2.26. The number of alkyl halides is 3. The molecule has 0 aromatic heterocycles. The van der Waals surface area contributed by atoms with Gasteiger partial charge in [0.2, 0.25) is 0 Å². The summed E-state index contributed by atoms with van der Waals surface area (Å²) in [5.74, 6) is 0. The summed E-state index contributed by atoms with van der Waals surface area (Å²) < 4.78 is 44.6. The molecule has 21 heavy (non-hydrogen) atoms. The molecule has 120 valence electrons. The van der Waals surface area contributed by atoms with Crippen molar-refractivity contribution in [3.05, 3.63) is 35.4 Å². The van der Waals surface area contributed by atoms with E-state index in [-0.39, 0.29) is 12.1 Å². The molecule has 0 saturated carbocycles. The third kappa shape index (κ3) is 5.67. The van der Waals surface area contributed by atoms with Crippen molar-refractivity contribution in [1.29, 1.82) is 0 Å². The minimum atomic E-state index is -4.32. The number of methoxy groups -OCH3 is 1. The van der Waals surface area contributed by atoms with Crippen molar-refractivity contribution in [1.82, 2.24) is 5.32 Å². The van der Waals surface area contributed by atoms with Crippen LogP contribution < -0.4 is 5.32 Å². The van der Waals surface area contributed by atoms with Gasteiger partial charge in [0.25, 0.3) is 0 Å². The van der Waals surface area contributed by atoms with Gasteiger partial charge < -0.3 is 10.1 Å². The Morgan fingerprint density at radius 1 is 1.19 bits per heavy atom. The summed E-state index contributed by atoms with van der Waals surface area (Å²) in [7, 11) is 1.61. The Kier molecular flexibility index (Phi) is 7.18. The first-order valence-corrected chi connectivity index (χ1v) is 7.32. The molecule has 5 heteroatoms. The number of nitrogens with one attached hydrogen (secondary N) is 1. The van der Waals surface area contributed by atoms with E-state index in [0.29, 0.717) is 24.9 Å². The summed E-state index contributed by atoms with van der Waals surface area (Å²) in [6, 6.07) is 5.50. The first kappa shape index (κ1) is 18.0. The van der Waals surface area contributed by atoms with Crippen LogP contribution in [0, 0.1) is 0 Å². The molecular weight excluding hydrogens is 279 g/mol. The molecule has 0 aliphatic carbocycles. The summed E-state index contributed by atoms with van der Waals surface area (Å²) in [5.41, 5.74) is -0.231. The summed E-state index contributed by atoms with van der Waals surface area (Å²) in [4.78, 5) is 0. The molecule has 1 N–H and O–H groups in total. The number of hydrogen-bond acceptors (Lipinski definition) is 2. The highest BCUT2D eigenvalue weighted by atomic mass is 19.4. The van der Waals surface area contributed by atoms with E-state index in [0.717, 1.165) is 12.5 Å². The lowest BCUT2D eigenvalue weighted by Gasteiger charge is -2.24. The molecule has 2 nitrogen and oxygen atoms in total. The van der Waals surface area contributed by atoms with E-state index in [2.05, 4.69) is 5.32 Å². The molecule has 0 aliphatic heterocycles. The average molecular weight is 303 g/mol. The van der Waals surface area contributed by atoms with Crippen LogP contribution >= 0.6 is 0 Å². The quantitative estimate of drug-likeness (QED) is 0.760. The predicted molar refractivity (Wildman–Crippen MR) is 78.2 cm³/mol. The second-order valence-corrected chi connectivity index (χ2v) is 5.22. The molecule has 0 radical (unpaired) electrons. The second-order valence-electron chi connectivity index (χ2n) is 5.22. The number of halogens is 3. The lowest BCUT2D eigenvalue weighted by atomic mass is 9.95. The van der Waals surface area contributed by atoms with Crippen LogP contribution in [0.2, 0.25) is 0 Å². The number of benzene rings is 1. The molecular formula is C16H24F3NO. The minimum Gasteiger partial charge on any atom is -0.382 e. The van der Waals surface area contributed by atoms with Crippen molar-refractivity contribution in [3.63, 3.8) is 0 Å². The van der Waals surface area contributed by atoms with Gasteiger partial charge in [-0.25, -0.2) is 0 Å². The van der Waals surface area contributed by atoms with Crippen molar-refractivity contribution in [2.75, 3.05) is 13.7 Å². The van der Waals surface area contributed by atoms with Gasteiger partial charge in [-0.3, -0.25) is 0 Å². The molecule has 0 fully saturated rings. The Bertz CT molecular complexity index is 420. The SMILES string of the molecule is CCCNC(CCC(C)OC)c1ccccc1C(F)(F)F. The van der Waals surface area contributed by atoms with E-state index in [1.165, 1.54) is 6.07 Å². The molecule has 2 unspecified atom stereocenters. The molecule has 0 heterocycles. The lowest BCUT2D eigenvalue weighted by molar-refractivity contribution is -0.138.